The fraction of sp³-hybridized carbons (Fsp3) is 0.381. The first kappa shape index (κ1) is 19.0. The summed E-state index contributed by atoms with van der Waals surface area (Å²) in [6, 6.07) is 18.0. The molecule has 2 aromatic carbocycles. The third kappa shape index (κ3) is 5.91. The maximum absolute atomic E-state index is 11.8. The van der Waals surface area contributed by atoms with Crippen LogP contribution in [0.4, 0.5) is 0 Å². The monoisotopic (exact) mass is 342 g/mol. The molecule has 2 rings (SSSR count). The van der Waals surface area contributed by atoms with Crippen molar-refractivity contribution in [2.24, 2.45) is 5.41 Å². The lowest BCUT2D eigenvalue weighted by Crippen LogP contribution is -2.27. The van der Waals surface area contributed by atoms with Crippen molar-refractivity contribution >= 4 is 5.97 Å². The minimum atomic E-state index is -0.450. The quantitative estimate of drug-likeness (QED) is 0.377. The molecule has 0 atom stereocenters. The van der Waals surface area contributed by atoms with Gasteiger partial charge in [0.05, 0.1) is 12.0 Å². The highest BCUT2D eigenvalue weighted by molar-refractivity contribution is 5.75. The smallest absolute Gasteiger partial charge is 0.311 e. The van der Waals surface area contributed by atoms with Crippen LogP contribution >= 0.6 is 0 Å². The zero-order valence-electron chi connectivity index (χ0n) is 15.2. The van der Waals surface area contributed by atoms with Crippen molar-refractivity contribution in [2.45, 2.75) is 27.2 Å². The van der Waals surface area contributed by atoms with Crippen LogP contribution in [0, 0.1) is 5.41 Å². The molecule has 2 aromatic rings. The van der Waals surface area contributed by atoms with E-state index in [1.165, 1.54) is 0 Å². The molecule has 0 aliphatic rings. The van der Waals surface area contributed by atoms with Gasteiger partial charge in [0.2, 0.25) is 0 Å². The van der Waals surface area contributed by atoms with E-state index in [4.69, 9.17) is 14.2 Å². The van der Waals surface area contributed by atoms with Gasteiger partial charge in [-0.25, -0.2) is 0 Å². The Bertz CT molecular complexity index is 665. The average Bonchev–Trinajstić information content (AvgIpc) is 2.65. The van der Waals surface area contributed by atoms with Crippen LogP contribution in [0.15, 0.2) is 54.6 Å². The summed E-state index contributed by atoms with van der Waals surface area (Å²) in [5, 5.41) is 0. The van der Waals surface area contributed by atoms with E-state index in [2.05, 4.69) is 12.1 Å². The van der Waals surface area contributed by atoms with Gasteiger partial charge in [-0.15, -0.1) is 0 Å². The molecule has 0 radical (unpaired) electrons. The molecular weight excluding hydrogens is 316 g/mol. The van der Waals surface area contributed by atoms with Gasteiger partial charge in [0.1, 0.15) is 12.4 Å². The number of ether oxygens (including phenoxy) is 3. The SMILES string of the molecule is CCC(C)(C)C(=O)OCCOCOc1cccc(-c2ccccc2)c1. The van der Waals surface area contributed by atoms with Crippen molar-refractivity contribution in [3.8, 4) is 16.9 Å². The Morgan fingerprint density at radius 3 is 2.40 bits per heavy atom. The Morgan fingerprint density at radius 1 is 0.960 bits per heavy atom. The van der Waals surface area contributed by atoms with E-state index in [9.17, 15) is 4.79 Å². The van der Waals surface area contributed by atoms with E-state index in [1.807, 2.05) is 63.2 Å². The molecule has 0 saturated carbocycles. The Kier molecular flexibility index (Phi) is 7.02. The third-order valence-corrected chi connectivity index (χ3v) is 4.15. The van der Waals surface area contributed by atoms with Gasteiger partial charge in [0.25, 0.3) is 0 Å². The topological polar surface area (TPSA) is 44.8 Å². The number of benzene rings is 2. The summed E-state index contributed by atoms with van der Waals surface area (Å²) >= 11 is 0. The summed E-state index contributed by atoms with van der Waals surface area (Å²) in [6.45, 7) is 6.37. The van der Waals surface area contributed by atoms with Gasteiger partial charge in [0, 0.05) is 0 Å². The van der Waals surface area contributed by atoms with Crippen LogP contribution in [0.2, 0.25) is 0 Å². The van der Waals surface area contributed by atoms with Gasteiger partial charge in [-0.3, -0.25) is 4.79 Å². The number of hydrogen-bond donors (Lipinski definition) is 0. The lowest BCUT2D eigenvalue weighted by Gasteiger charge is -2.20. The first-order chi connectivity index (χ1) is 12.0. The van der Waals surface area contributed by atoms with E-state index < -0.39 is 5.41 Å². The molecule has 0 aromatic heterocycles. The summed E-state index contributed by atoms with van der Waals surface area (Å²) in [7, 11) is 0. The molecule has 0 bridgehead atoms. The van der Waals surface area contributed by atoms with Crippen LogP contribution in [0.25, 0.3) is 11.1 Å². The number of carbonyl (C=O) groups excluding carboxylic acids is 1. The molecule has 0 aliphatic heterocycles. The maximum atomic E-state index is 11.8. The predicted molar refractivity (Wildman–Crippen MR) is 98.4 cm³/mol. The van der Waals surface area contributed by atoms with Gasteiger partial charge in [0.15, 0.2) is 6.79 Å². The van der Waals surface area contributed by atoms with Gasteiger partial charge >= 0.3 is 5.97 Å². The molecule has 0 aliphatic carbocycles. The average molecular weight is 342 g/mol. The fourth-order valence-corrected chi connectivity index (χ4v) is 2.10. The minimum absolute atomic E-state index is 0.118. The zero-order chi connectivity index (χ0) is 18.1. The highest BCUT2D eigenvalue weighted by atomic mass is 16.7. The van der Waals surface area contributed by atoms with Crippen LogP contribution in [-0.4, -0.2) is 26.0 Å². The highest BCUT2D eigenvalue weighted by Crippen LogP contribution is 2.23. The van der Waals surface area contributed by atoms with Crippen LogP contribution in [0.1, 0.15) is 27.2 Å². The van der Waals surface area contributed by atoms with Crippen LogP contribution in [0.3, 0.4) is 0 Å². The number of esters is 1. The van der Waals surface area contributed by atoms with Crippen molar-refractivity contribution in [1.29, 1.82) is 0 Å². The Labute approximate surface area is 149 Å². The summed E-state index contributed by atoms with van der Waals surface area (Å²) in [5.74, 6) is 0.542. The Balaban J connectivity index is 1.71. The van der Waals surface area contributed by atoms with Crippen LogP contribution < -0.4 is 4.74 Å². The molecule has 4 nitrogen and oxygen atoms in total. The minimum Gasteiger partial charge on any atom is -0.468 e. The molecule has 4 heteroatoms. The van der Waals surface area contributed by atoms with E-state index >= 15 is 0 Å². The predicted octanol–water partition coefficient (Wildman–Crippen LogP) is 4.69. The summed E-state index contributed by atoms with van der Waals surface area (Å²) in [4.78, 5) is 11.8. The van der Waals surface area contributed by atoms with Crippen molar-refractivity contribution in [3.05, 3.63) is 54.6 Å². The summed E-state index contributed by atoms with van der Waals surface area (Å²) in [6.07, 6.45) is 0.744. The summed E-state index contributed by atoms with van der Waals surface area (Å²) in [5.41, 5.74) is 1.78. The second-order valence-electron chi connectivity index (χ2n) is 6.44. The Morgan fingerprint density at radius 2 is 1.68 bits per heavy atom. The number of hydrogen-bond acceptors (Lipinski definition) is 4. The standard InChI is InChI=1S/C21H26O4/c1-4-21(2,3)20(22)24-14-13-23-16-25-19-12-8-11-18(15-19)17-9-6-5-7-10-17/h5-12,15H,4,13-14,16H2,1-3H3. The number of rotatable bonds is 9. The van der Waals surface area contributed by atoms with Crippen LogP contribution in [-0.2, 0) is 14.3 Å². The van der Waals surface area contributed by atoms with Gasteiger partial charge < -0.3 is 14.2 Å². The molecule has 0 saturated heterocycles. The van der Waals surface area contributed by atoms with E-state index in [0.717, 1.165) is 23.3 Å². The molecule has 25 heavy (non-hydrogen) atoms. The Hall–Kier alpha value is -2.33. The van der Waals surface area contributed by atoms with Crippen molar-refractivity contribution in [2.75, 3.05) is 20.0 Å². The lowest BCUT2D eigenvalue weighted by molar-refractivity contribution is -0.156. The van der Waals surface area contributed by atoms with Gasteiger partial charge in [-0.2, -0.15) is 0 Å². The largest absolute Gasteiger partial charge is 0.468 e. The molecule has 0 heterocycles. The fourth-order valence-electron chi connectivity index (χ4n) is 2.10. The molecule has 0 spiro atoms. The molecule has 0 unspecified atom stereocenters. The zero-order valence-corrected chi connectivity index (χ0v) is 15.2. The van der Waals surface area contributed by atoms with E-state index in [0.29, 0.717) is 6.61 Å². The second-order valence-corrected chi connectivity index (χ2v) is 6.44. The molecule has 0 N–H and O–H groups in total. The van der Waals surface area contributed by atoms with Crippen molar-refractivity contribution < 1.29 is 19.0 Å². The van der Waals surface area contributed by atoms with Gasteiger partial charge in [-0.1, -0.05) is 49.4 Å². The molecule has 134 valence electrons. The second kappa shape index (κ2) is 9.23. The number of carbonyl (C=O) groups is 1. The third-order valence-electron chi connectivity index (χ3n) is 4.15. The summed E-state index contributed by atoms with van der Waals surface area (Å²) < 4.78 is 16.2. The highest BCUT2D eigenvalue weighted by Gasteiger charge is 2.26. The van der Waals surface area contributed by atoms with Crippen molar-refractivity contribution in [3.63, 3.8) is 0 Å². The maximum Gasteiger partial charge on any atom is 0.311 e. The normalized spacial score (nSPS) is 11.2. The first-order valence-electron chi connectivity index (χ1n) is 8.56. The molecule has 0 amide bonds. The van der Waals surface area contributed by atoms with E-state index in [-0.39, 0.29) is 19.4 Å². The van der Waals surface area contributed by atoms with Gasteiger partial charge in [-0.05, 0) is 43.5 Å². The van der Waals surface area contributed by atoms with Crippen LogP contribution in [0.5, 0.6) is 5.75 Å². The molecule has 0 fully saturated rings. The van der Waals surface area contributed by atoms with Crippen molar-refractivity contribution in [1.82, 2.24) is 0 Å². The first-order valence-corrected chi connectivity index (χ1v) is 8.56. The lowest BCUT2D eigenvalue weighted by atomic mass is 9.91. The van der Waals surface area contributed by atoms with E-state index in [1.54, 1.807) is 0 Å². The molecular formula is C21H26O4.